The maximum atomic E-state index is 10.8. The minimum absolute atomic E-state index is 0.149. The van der Waals surface area contributed by atoms with Crippen LogP contribution in [0.1, 0.15) is 27.7 Å². The molecular weight excluding hydrogens is 194 g/mol. The molecule has 0 amide bonds. The summed E-state index contributed by atoms with van der Waals surface area (Å²) in [6.07, 6.45) is 0. The van der Waals surface area contributed by atoms with E-state index >= 15 is 0 Å². The molecule has 0 atom stereocenters. The Kier molecular flexibility index (Phi) is 4.04. The first-order valence-corrected chi connectivity index (χ1v) is 5.53. The minimum atomic E-state index is -0.441. The average molecular weight is 215 g/mol. The van der Waals surface area contributed by atoms with Crippen molar-refractivity contribution in [3.8, 4) is 0 Å². The molecule has 0 aromatic rings. The van der Waals surface area contributed by atoms with Gasteiger partial charge in [0.15, 0.2) is 0 Å². The summed E-state index contributed by atoms with van der Waals surface area (Å²) < 4.78 is 0. The molecule has 1 rings (SSSR count). The molecule has 88 valence electrons. The molecule has 1 saturated heterocycles. The van der Waals surface area contributed by atoms with Crippen LogP contribution in [0.5, 0.6) is 0 Å². The second-order valence-corrected chi connectivity index (χ2v) is 4.81. The van der Waals surface area contributed by atoms with Crippen LogP contribution in [-0.2, 0) is 0 Å². The van der Waals surface area contributed by atoms with Gasteiger partial charge in [-0.3, -0.25) is 19.9 Å². The van der Waals surface area contributed by atoms with Crippen molar-refractivity contribution in [2.24, 2.45) is 0 Å². The number of hydrogen-bond acceptors (Lipinski definition) is 4. The van der Waals surface area contributed by atoms with Gasteiger partial charge >= 0.3 is 0 Å². The molecule has 0 spiro atoms. The van der Waals surface area contributed by atoms with Crippen molar-refractivity contribution in [3.63, 3.8) is 0 Å². The van der Waals surface area contributed by atoms with E-state index in [4.69, 9.17) is 0 Å². The highest BCUT2D eigenvalue weighted by atomic mass is 16.6. The molecule has 0 aromatic carbocycles. The van der Waals surface area contributed by atoms with Crippen LogP contribution in [-0.4, -0.2) is 52.6 Å². The Hall–Kier alpha value is -0.680. The Morgan fingerprint density at radius 3 is 1.80 bits per heavy atom. The number of hydrogen-bond donors (Lipinski definition) is 0. The van der Waals surface area contributed by atoms with Gasteiger partial charge in [-0.05, 0) is 27.7 Å². The third-order valence-corrected chi connectivity index (χ3v) is 3.01. The maximum absolute atomic E-state index is 10.8. The molecule has 5 nitrogen and oxygen atoms in total. The number of rotatable bonds is 3. The molecule has 0 unspecified atom stereocenters. The summed E-state index contributed by atoms with van der Waals surface area (Å²) in [5, 5.41) is 10.8. The van der Waals surface area contributed by atoms with E-state index in [1.807, 2.05) is 0 Å². The summed E-state index contributed by atoms with van der Waals surface area (Å²) in [5.74, 6) is 0. The van der Waals surface area contributed by atoms with E-state index < -0.39 is 6.04 Å². The molecule has 0 radical (unpaired) electrons. The Labute approximate surface area is 91.2 Å². The zero-order valence-electron chi connectivity index (χ0n) is 10.0. The van der Waals surface area contributed by atoms with E-state index in [1.165, 1.54) is 0 Å². The lowest BCUT2D eigenvalue weighted by atomic mass is 10.1. The first kappa shape index (κ1) is 12.4. The van der Waals surface area contributed by atoms with E-state index in [1.54, 1.807) is 0 Å². The third-order valence-electron chi connectivity index (χ3n) is 3.01. The van der Waals surface area contributed by atoms with Crippen LogP contribution in [0.2, 0.25) is 0 Å². The maximum Gasteiger partial charge on any atom is 0.238 e. The predicted octanol–water partition coefficient (Wildman–Crippen LogP) is 1.02. The third kappa shape index (κ3) is 3.14. The van der Waals surface area contributed by atoms with Crippen LogP contribution in [0.25, 0.3) is 0 Å². The van der Waals surface area contributed by atoms with Crippen LogP contribution >= 0.6 is 0 Å². The van der Waals surface area contributed by atoms with E-state index in [2.05, 4.69) is 37.5 Å². The van der Waals surface area contributed by atoms with Crippen molar-refractivity contribution < 1.29 is 4.92 Å². The lowest BCUT2D eigenvalue weighted by molar-refractivity contribution is -0.528. The van der Waals surface area contributed by atoms with Crippen LogP contribution in [0.3, 0.4) is 0 Å². The molecule has 15 heavy (non-hydrogen) atoms. The highest BCUT2D eigenvalue weighted by Gasteiger charge is 2.34. The standard InChI is InChI=1S/C10H21N3O2/c1-8(2)11-5-10(13(14)15)6-12(7-11)9(3)4/h8-10H,5-7H2,1-4H3. The van der Waals surface area contributed by atoms with Crippen LogP contribution in [0.4, 0.5) is 0 Å². The minimum Gasteiger partial charge on any atom is -0.281 e. The monoisotopic (exact) mass is 215 g/mol. The molecule has 0 saturated carbocycles. The fraction of sp³-hybridized carbons (Fsp3) is 1.00. The SMILES string of the molecule is CC(C)N1CC([N+](=O)[O-])CN(C(C)C)C1. The summed E-state index contributed by atoms with van der Waals surface area (Å²) in [5.41, 5.74) is 0. The van der Waals surface area contributed by atoms with E-state index in [-0.39, 0.29) is 4.92 Å². The molecule has 1 heterocycles. The molecule has 0 aliphatic carbocycles. The molecular formula is C10H21N3O2. The second kappa shape index (κ2) is 4.90. The van der Waals surface area contributed by atoms with Crippen LogP contribution in [0, 0.1) is 10.1 Å². The smallest absolute Gasteiger partial charge is 0.238 e. The van der Waals surface area contributed by atoms with E-state index in [0.29, 0.717) is 25.2 Å². The highest BCUT2D eigenvalue weighted by molar-refractivity contribution is 4.79. The predicted molar refractivity (Wildman–Crippen MR) is 59.3 cm³/mol. The van der Waals surface area contributed by atoms with Gasteiger partial charge in [-0.2, -0.15) is 0 Å². The summed E-state index contributed by atoms with van der Waals surface area (Å²) in [6, 6.07) is 0.298. The van der Waals surface area contributed by atoms with Crippen molar-refractivity contribution in [3.05, 3.63) is 10.1 Å². The van der Waals surface area contributed by atoms with E-state index in [9.17, 15) is 10.1 Å². The summed E-state index contributed by atoms with van der Waals surface area (Å²) in [6.45, 7) is 10.3. The van der Waals surface area contributed by atoms with Gasteiger partial charge in [0.2, 0.25) is 6.04 Å². The largest absolute Gasteiger partial charge is 0.281 e. The van der Waals surface area contributed by atoms with Gasteiger partial charge in [-0.15, -0.1) is 0 Å². The van der Waals surface area contributed by atoms with Gasteiger partial charge < -0.3 is 0 Å². The molecule has 0 bridgehead atoms. The van der Waals surface area contributed by atoms with Gasteiger partial charge in [-0.25, -0.2) is 0 Å². The molecule has 0 N–H and O–H groups in total. The Morgan fingerprint density at radius 2 is 1.53 bits per heavy atom. The van der Waals surface area contributed by atoms with Gasteiger partial charge in [0, 0.05) is 17.0 Å². The fourth-order valence-corrected chi connectivity index (χ4v) is 1.83. The number of nitro groups is 1. The van der Waals surface area contributed by atoms with Crippen molar-refractivity contribution in [1.82, 2.24) is 9.80 Å². The lowest BCUT2D eigenvalue weighted by Crippen LogP contribution is -2.58. The van der Waals surface area contributed by atoms with Crippen molar-refractivity contribution >= 4 is 0 Å². The fourth-order valence-electron chi connectivity index (χ4n) is 1.83. The molecule has 0 aromatic heterocycles. The van der Waals surface area contributed by atoms with E-state index in [0.717, 1.165) is 6.67 Å². The molecule has 1 aliphatic heterocycles. The van der Waals surface area contributed by atoms with Gasteiger partial charge in [0.25, 0.3) is 0 Å². The van der Waals surface area contributed by atoms with Gasteiger partial charge in [-0.1, -0.05) is 0 Å². The summed E-state index contributed by atoms with van der Waals surface area (Å²) in [7, 11) is 0. The van der Waals surface area contributed by atoms with Gasteiger partial charge in [0.05, 0.1) is 19.8 Å². The number of nitrogens with zero attached hydrogens (tertiary/aromatic N) is 3. The average Bonchev–Trinajstić information content (AvgIpc) is 2.16. The normalized spacial score (nSPS) is 21.5. The second-order valence-electron chi connectivity index (χ2n) is 4.81. The molecule has 1 fully saturated rings. The van der Waals surface area contributed by atoms with Crippen LogP contribution < -0.4 is 0 Å². The Balaban J connectivity index is 2.68. The quantitative estimate of drug-likeness (QED) is 0.521. The van der Waals surface area contributed by atoms with Gasteiger partial charge in [0.1, 0.15) is 0 Å². The lowest BCUT2D eigenvalue weighted by Gasteiger charge is -2.40. The molecule has 1 aliphatic rings. The van der Waals surface area contributed by atoms with Crippen molar-refractivity contribution in [2.45, 2.75) is 45.8 Å². The zero-order valence-corrected chi connectivity index (χ0v) is 10.0. The topological polar surface area (TPSA) is 49.6 Å². The highest BCUT2D eigenvalue weighted by Crippen LogP contribution is 2.14. The molecule has 5 heteroatoms. The first-order chi connectivity index (χ1) is 6.91. The van der Waals surface area contributed by atoms with Crippen molar-refractivity contribution in [1.29, 1.82) is 0 Å². The summed E-state index contributed by atoms with van der Waals surface area (Å²) in [4.78, 5) is 15.0. The Bertz CT molecular complexity index is 215. The Morgan fingerprint density at radius 1 is 1.13 bits per heavy atom. The van der Waals surface area contributed by atoms with Crippen LogP contribution in [0.15, 0.2) is 0 Å². The zero-order chi connectivity index (χ0) is 11.6. The van der Waals surface area contributed by atoms with Crippen molar-refractivity contribution in [2.75, 3.05) is 19.8 Å². The first-order valence-electron chi connectivity index (χ1n) is 5.53. The summed E-state index contributed by atoms with van der Waals surface area (Å²) >= 11 is 0.